The van der Waals surface area contributed by atoms with Crippen LogP contribution >= 0.6 is 0 Å². The van der Waals surface area contributed by atoms with Crippen LogP contribution in [0.25, 0.3) is 22.2 Å². The summed E-state index contributed by atoms with van der Waals surface area (Å²) >= 11 is 0. The van der Waals surface area contributed by atoms with Crippen molar-refractivity contribution >= 4 is 10.9 Å². The summed E-state index contributed by atoms with van der Waals surface area (Å²) in [4.78, 5) is 17.6. The van der Waals surface area contributed by atoms with E-state index in [4.69, 9.17) is 9.47 Å². The van der Waals surface area contributed by atoms with Gasteiger partial charge < -0.3 is 9.47 Å². The highest BCUT2D eigenvalue weighted by Crippen LogP contribution is 2.36. The molecule has 0 aliphatic carbocycles. The molecule has 1 aromatic heterocycles. The Balaban J connectivity index is 1.95. The number of halogens is 1. The molecule has 6 heteroatoms. The molecule has 1 heterocycles. The molecule has 0 N–H and O–H groups in total. The SMILES string of the molecule is COc1cc2c(-c3ccc(C(C)C)cc3)nc(=O)n(Cc3ccc(F)cc3)c2cc1OC. The quantitative estimate of drug-likeness (QED) is 0.410. The number of hydrogen-bond acceptors (Lipinski definition) is 4. The second kappa shape index (κ2) is 8.83. The van der Waals surface area contributed by atoms with Gasteiger partial charge in [-0.25, -0.2) is 9.18 Å². The Kier molecular flexibility index (Phi) is 5.95. The third kappa shape index (κ3) is 4.08. The van der Waals surface area contributed by atoms with Crippen molar-refractivity contribution in [2.45, 2.75) is 26.3 Å². The van der Waals surface area contributed by atoms with Crippen LogP contribution in [-0.2, 0) is 6.54 Å². The molecule has 0 bridgehead atoms. The maximum absolute atomic E-state index is 13.3. The van der Waals surface area contributed by atoms with Crippen molar-refractivity contribution in [3.05, 3.63) is 88.1 Å². The summed E-state index contributed by atoms with van der Waals surface area (Å²) in [6, 6.07) is 17.8. The van der Waals surface area contributed by atoms with Crippen molar-refractivity contribution in [3.8, 4) is 22.8 Å². The fourth-order valence-corrected chi connectivity index (χ4v) is 3.77. The first-order valence-electron chi connectivity index (χ1n) is 10.4. The number of methoxy groups -OCH3 is 2. The van der Waals surface area contributed by atoms with Crippen LogP contribution in [0.15, 0.2) is 65.5 Å². The molecule has 32 heavy (non-hydrogen) atoms. The summed E-state index contributed by atoms with van der Waals surface area (Å²) in [7, 11) is 3.13. The van der Waals surface area contributed by atoms with Crippen molar-refractivity contribution in [1.82, 2.24) is 9.55 Å². The zero-order chi connectivity index (χ0) is 22.8. The van der Waals surface area contributed by atoms with Crippen molar-refractivity contribution < 1.29 is 13.9 Å². The molecule has 0 fully saturated rings. The van der Waals surface area contributed by atoms with Crippen molar-refractivity contribution in [3.63, 3.8) is 0 Å². The first-order chi connectivity index (χ1) is 15.4. The number of benzene rings is 3. The van der Waals surface area contributed by atoms with E-state index in [1.165, 1.54) is 17.7 Å². The summed E-state index contributed by atoms with van der Waals surface area (Å²) in [6.45, 7) is 4.53. The fraction of sp³-hybridized carbons (Fsp3) is 0.231. The number of rotatable bonds is 6. The number of ether oxygens (including phenoxy) is 2. The van der Waals surface area contributed by atoms with Crippen LogP contribution in [0.2, 0.25) is 0 Å². The Morgan fingerprint density at radius 2 is 1.56 bits per heavy atom. The molecule has 0 aliphatic heterocycles. The Hall–Kier alpha value is -3.67. The molecule has 0 amide bonds. The van der Waals surface area contributed by atoms with Crippen LogP contribution in [0.5, 0.6) is 11.5 Å². The van der Waals surface area contributed by atoms with Gasteiger partial charge in [-0.05, 0) is 35.2 Å². The molecular formula is C26H25FN2O3. The van der Waals surface area contributed by atoms with Gasteiger partial charge in [0.15, 0.2) is 11.5 Å². The van der Waals surface area contributed by atoms with Gasteiger partial charge in [-0.1, -0.05) is 50.2 Å². The molecule has 164 valence electrons. The average molecular weight is 432 g/mol. The fourth-order valence-electron chi connectivity index (χ4n) is 3.77. The highest BCUT2D eigenvalue weighted by molar-refractivity contribution is 5.94. The monoisotopic (exact) mass is 432 g/mol. The molecule has 0 aliphatic rings. The first kappa shape index (κ1) is 21.6. The molecule has 0 saturated heterocycles. The molecule has 0 atom stereocenters. The molecule has 3 aromatic carbocycles. The normalized spacial score (nSPS) is 11.2. The van der Waals surface area contributed by atoms with Crippen LogP contribution in [0.1, 0.15) is 30.9 Å². The van der Waals surface area contributed by atoms with E-state index >= 15 is 0 Å². The van der Waals surface area contributed by atoms with Gasteiger partial charge in [0.2, 0.25) is 0 Å². The van der Waals surface area contributed by atoms with E-state index in [2.05, 4.69) is 31.0 Å². The standard InChI is InChI=1S/C26H25FN2O3/c1-16(2)18-7-9-19(10-8-18)25-21-13-23(31-3)24(32-4)14-22(21)29(26(30)28-25)15-17-5-11-20(27)12-6-17/h5-14,16H,15H2,1-4H3. The van der Waals surface area contributed by atoms with E-state index in [1.54, 1.807) is 37.0 Å². The Bertz CT molecular complexity index is 1310. The Morgan fingerprint density at radius 3 is 2.16 bits per heavy atom. The largest absolute Gasteiger partial charge is 0.493 e. The van der Waals surface area contributed by atoms with E-state index in [0.29, 0.717) is 28.6 Å². The van der Waals surface area contributed by atoms with E-state index in [0.717, 1.165) is 16.5 Å². The van der Waals surface area contributed by atoms with E-state index < -0.39 is 5.69 Å². The maximum Gasteiger partial charge on any atom is 0.348 e. The van der Waals surface area contributed by atoms with Crippen molar-refractivity contribution in [2.24, 2.45) is 0 Å². The zero-order valence-corrected chi connectivity index (χ0v) is 18.6. The number of nitrogens with zero attached hydrogens (tertiary/aromatic N) is 2. The molecule has 0 unspecified atom stereocenters. The van der Waals surface area contributed by atoms with Crippen LogP contribution < -0.4 is 15.2 Å². The van der Waals surface area contributed by atoms with Gasteiger partial charge >= 0.3 is 5.69 Å². The smallest absolute Gasteiger partial charge is 0.348 e. The number of hydrogen-bond donors (Lipinski definition) is 0. The second-order valence-corrected chi connectivity index (χ2v) is 7.96. The third-order valence-corrected chi connectivity index (χ3v) is 5.59. The van der Waals surface area contributed by atoms with E-state index in [-0.39, 0.29) is 12.4 Å². The third-order valence-electron chi connectivity index (χ3n) is 5.59. The summed E-state index contributed by atoms with van der Waals surface area (Å²) < 4.78 is 25.9. The molecule has 0 spiro atoms. The molecule has 5 nitrogen and oxygen atoms in total. The topological polar surface area (TPSA) is 53.3 Å². The van der Waals surface area contributed by atoms with Crippen LogP contribution in [0, 0.1) is 5.82 Å². The van der Waals surface area contributed by atoms with E-state index in [1.807, 2.05) is 18.2 Å². The second-order valence-electron chi connectivity index (χ2n) is 7.96. The van der Waals surface area contributed by atoms with Crippen LogP contribution in [0.3, 0.4) is 0 Å². The summed E-state index contributed by atoms with van der Waals surface area (Å²) in [6.07, 6.45) is 0. The average Bonchev–Trinajstić information content (AvgIpc) is 2.81. The highest BCUT2D eigenvalue weighted by atomic mass is 19.1. The predicted molar refractivity (Wildman–Crippen MR) is 124 cm³/mol. The molecule has 4 rings (SSSR count). The maximum atomic E-state index is 13.3. The summed E-state index contributed by atoms with van der Waals surface area (Å²) in [5.41, 5.74) is 3.70. The lowest BCUT2D eigenvalue weighted by Gasteiger charge is -2.16. The van der Waals surface area contributed by atoms with Gasteiger partial charge in [0.25, 0.3) is 0 Å². The minimum Gasteiger partial charge on any atom is -0.493 e. The van der Waals surface area contributed by atoms with E-state index in [9.17, 15) is 9.18 Å². The van der Waals surface area contributed by atoms with Gasteiger partial charge in [0.05, 0.1) is 32.0 Å². The lowest BCUT2D eigenvalue weighted by atomic mass is 9.99. The van der Waals surface area contributed by atoms with Gasteiger partial charge in [0, 0.05) is 17.0 Å². The van der Waals surface area contributed by atoms with Crippen LogP contribution in [0.4, 0.5) is 4.39 Å². The molecule has 4 aromatic rings. The van der Waals surface area contributed by atoms with Crippen molar-refractivity contribution in [1.29, 1.82) is 0 Å². The highest BCUT2D eigenvalue weighted by Gasteiger charge is 2.17. The van der Waals surface area contributed by atoms with Gasteiger partial charge in [0.1, 0.15) is 5.82 Å². The number of fused-ring (bicyclic) bond motifs is 1. The van der Waals surface area contributed by atoms with Gasteiger partial charge in [-0.15, -0.1) is 0 Å². The zero-order valence-electron chi connectivity index (χ0n) is 18.6. The summed E-state index contributed by atoms with van der Waals surface area (Å²) in [5.74, 6) is 1.14. The Labute approximate surface area is 186 Å². The van der Waals surface area contributed by atoms with Gasteiger partial charge in [-0.2, -0.15) is 4.98 Å². The summed E-state index contributed by atoms with van der Waals surface area (Å²) in [5, 5.41) is 0.765. The number of aromatic nitrogens is 2. The molecular weight excluding hydrogens is 407 g/mol. The van der Waals surface area contributed by atoms with Gasteiger partial charge in [-0.3, -0.25) is 4.57 Å². The molecule has 0 radical (unpaired) electrons. The van der Waals surface area contributed by atoms with Crippen molar-refractivity contribution in [2.75, 3.05) is 14.2 Å². The minimum atomic E-state index is -0.392. The predicted octanol–water partition coefficient (Wildman–Crippen LogP) is 5.39. The first-order valence-corrected chi connectivity index (χ1v) is 10.4. The Morgan fingerprint density at radius 1 is 0.938 bits per heavy atom. The lowest BCUT2D eigenvalue weighted by Crippen LogP contribution is -2.24. The van der Waals surface area contributed by atoms with Crippen LogP contribution in [-0.4, -0.2) is 23.8 Å². The lowest BCUT2D eigenvalue weighted by molar-refractivity contribution is 0.355. The minimum absolute atomic E-state index is 0.255. The molecule has 0 saturated carbocycles.